The Kier molecular flexibility index (Phi) is 4.97. The second kappa shape index (κ2) is 8.27. The average Bonchev–Trinajstić information content (AvgIpc) is 2.89. The van der Waals surface area contributed by atoms with Crippen LogP contribution in [0.5, 0.6) is 0 Å². The normalized spacial score (nSPS) is 15.4. The van der Waals surface area contributed by atoms with Crippen LogP contribution in [0.2, 0.25) is 5.02 Å². The van der Waals surface area contributed by atoms with Crippen LogP contribution in [0.3, 0.4) is 0 Å². The van der Waals surface area contributed by atoms with Crippen LogP contribution < -0.4 is 0 Å². The van der Waals surface area contributed by atoms with Crippen molar-refractivity contribution in [2.75, 3.05) is 0 Å². The van der Waals surface area contributed by atoms with Gasteiger partial charge in [0.15, 0.2) is 11.6 Å². The second-order valence-electron chi connectivity index (χ2n) is 8.20. The lowest BCUT2D eigenvalue weighted by Crippen LogP contribution is -2.08. The number of hydrogen-bond acceptors (Lipinski definition) is 3. The van der Waals surface area contributed by atoms with Gasteiger partial charge < -0.3 is 0 Å². The van der Waals surface area contributed by atoms with Gasteiger partial charge in [-0.05, 0) is 40.8 Å². The first-order chi connectivity index (χ1) is 16.3. The highest BCUT2D eigenvalue weighted by atomic mass is 35.5. The minimum absolute atomic E-state index is 0.120. The molecule has 33 heavy (non-hydrogen) atoms. The van der Waals surface area contributed by atoms with E-state index >= 15 is 0 Å². The summed E-state index contributed by atoms with van der Waals surface area (Å²) in [7, 11) is 0. The maximum atomic E-state index is 6.48. The van der Waals surface area contributed by atoms with E-state index in [0.29, 0.717) is 11.6 Å². The zero-order chi connectivity index (χ0) is 22.2. The number of aromatic nitrogens is 3. The van der Waals surface area contributed by atoms with Crippen molar-refractivity contribution in [3.63, 3.8) is 0 Å². The van der Waals surface area contributed by atoms with Gasteiger partial charge in [-0.15, -0.1) is 0 Å². The third-order valence-electron chi connectivity index (χ3n) is 6.08. The first-order valence-corrected chi connectivity index (χ1v) is 11.4. The summed E-state index contributed by atoms with van der Waals surface area (Å²) in [6.45, 7) is 0. The van der Waals surface area contributed by atoms with Crippen molar-refractivity contribution in [1.82, 2.24) is 15.0 Å². The monoisotopic (exact) mass is 445 g/mol. The molecule has 4 heteroatoms. The molecule has 0 N–H and O–H groups in total. The average molecular weight is 446 g/mol. The van der Waals surface area contributed by atoms with Gasteiger partial charge in [0.05, 0.1) is 0 Å². The number of halogens is 1. The molecule has 158 valence electrons. The molecular formula is C29H20ClN3. The predicted octanol–water partition coefficient (Wildman–Crippen LogP) is 7.77. The zero-order valence-electron chi connectivity index (χ0n) is 17.8. The molecule has 0 aliphatic heterocycles. The molecule has 1 heterocycles. The number of hydrogen-bond donors (Lipinski definition) is 0. The first kappa shape index (κ1) is 19.8. The summed E-state index contributed by atoms with van der Waals surface area (Å²) in [5.74, 6) is 2.25. The van der Waals surface area contributed by atoms with E-state index in [1.165, 1.54) is 5.39 Å². The molecule has 1 aliphatic rings. The van der Waals surface area contributed by atoms with Gasteiger partial charge in [-0.3, -0.25) is 0 Å². The molecule has 3 nitrogen and oxygen atoms in total. The van der Waals surface area contributed by atoms with Gasteiger partial charge >= 0.3 is 0 Å². The quantitative estimate of drug-likeness (QED) is 0.284. The number of benzene rings is 4. The molecule has 0 saturated carbocycles. The van der Waals surface area contributed by atoms with Gasteiger partial charge in [-0.2, -0.15) is 0 Å². The smallest absolute Gasteiger partial charge is 0.164 e. The van der Waals surface area contributed by atoms with Gasteiger partial charge in [0.2, 0.25) is 0 Å². The standard InChI is InChI=1S/C29H20ClN3/c30-26-17-16-25(23-12-6-7-13-24(23)26)29-32-27(20-9-2-1-3-10-20)31-28(33-29)22-15-14-19-8-4-5-11-21(19)18-22/h1-9,11-18,20H,10H2. The fourth-order valence-corrected chi connectivity index (χ4v) is 4.59. The second-order valence-corrected chi connectivity index (χ2v) is 8.61. The summed E-state index contributed by atoms with van der Waals surface area (Å²) >= 11 is 6.48. The van der Waals surface area contributed by atoms with Gasteiger partial charge in [0, 0.05) is 27.5 Å². The van der Waals surface area contributed by atoms with Crippen LogP contribution >= 0.6 is 11.6 Å². The summed E-state index contributed by atoms with van der Waals surface area (Å²) in [6, 6.07) is 26.7. The maximum absolute atomic E-state index is 6.48. The highest BCUT2D eigenvalue weighted by molar-refractivity contribution is 6.36. The van der Waals surface area contributed by atoms with Crippen LogP contribution in [0, 0.1) is 0 Å². The zero-order valence-corrected chi connectivity index (χ0v) is 18.6. The molecule has 6 rings (SSSR count). The van der Waals surface area contributed by atoms with Gasteiger partial charge in [-0.25, -0.2) is 15.0 Å². The van der Waals surface area contributed by atoms with E-state index in [0.717, 1.165) is 44.6 Å². The highest BCUT2D eigenvalue weighted by Crippen LogP contribution is 2.34. The summed E-state index contributed by atoms with van der Waals surface area (Å²) in [5, 5.41) is 5.10. The van der Waals surface area contributed by atoms with Crippen molar-refractivity contribution in [1.29, 1.82) is 0 Å². The van der Waals surface area contributed by atoms with Crippen molar-refractivity contribution >= 4 is 33.1 Å². The predicted molar refractivity (Wildman–Crippen MR) is 136 cm³/mol. The third kappa shape index (κ3) is 3.71. The Morgan fingerprint density at radius 2 is 1.48 bits per heavy atom. The molecular weight excluding hydrogens is 426 g/mol. The molecule has 0 saturated heterocycles. The van der Waals surface area contributed by atoms with Crippen LogP contribution in [0.1, 0.15) is 18.2 Å². The summed E-state index contributed by atoms with van der Waals surface area (Å²) < 4.78 is 0. The number of rotatable bonds is 3. The molecule has 4 aromatic carbocycles. The molecule has 1 aromatic heterocycles. The topological polar surface area (TPSA) is 38.7 Å². The molecule has 5 aromatic rings. The van der Waals surface area contributed by atoms with E-state index in [-0.39, 0.29) is 5.92 Å². The van der Waals surface area contributed by atoms with Crippen molar-refractivity contribution in [2.45, 2.75) is 12.3 Å². The summed E-state index contributed by atoms with van der Waals surface area (Å²) in [5.41, 5.74) is 1.93. The number of nitrogens with zero attached hydrogens (tertiary/aromatic N) is 3. The van der Waals surface area contributed by atoms with E-state index in [2.05, 4.69) is 72.8 Å². The first-order valence-electron chi connectivity index (χ1n) is 11.0. The Hall–Kier alpha value is -3.82. The lowest BCUT2D eigenvalue weighted by Gasteiger charge is -2.15. The molecule has 0 bridgehead atoms. The van der Waals surface area contributed by atoms with E-state index in [9.17, 15) is 0 Å². The minimum atomic E-state index is 0.120. The number of allylic oxidation sites excluding steroid dienone is 4. The molecule has 0 radical (unpaired) electrons. The van der Waals surface area contributed by atoms with E-state index in [4.69, 9.17) is 26.6 Å². The van der Waals surface area contributed by atoms with Gasteiger partial charge in [0.1, 0.15) is 5.82 Å². The Bertz CT molecular complexity index is 1570. The highest BCUT2D eigenvalue weighted by Gasteiger charge is 2.18. The lowest BCUT2D eigenvalue weighted by molar-refractivity contribution is 0.764. The van der Waals surface area contributed by atoms with Crippen molar-refractivity contribution < 1.29 is 0 Å². The van der Waals surface area contributed by atoms with Crippen LogP contribution in [0.15, 0.2) is 103 Å². The van der Waals surface area contributed by atoms with Crippen LogP contribution in [-0.2, 0) is 0 Å². The summed E-state index contributed by atoms with van der Waals surface area (Å²) in [4.78, 5) is 14.8. The SMILES string of the molecule is Clc1ccc(-c2nc(-c3ccc4ccccc4c3)nc(C3C=CC=CC3)n2)c2ccccc12. The van der Waals surface area contributed by atoms with Crippen LogP contribution in [-0.4, -0.2) is 15.0 Å². The van der Waals surface area contributed by atoms with Crippen LogP contribution in [0.4, 0.5) is 0 Å². The molecule has 0 amide bonds. The Balaban J connectivity index is 1.58. The molecule has 1 aliphatic carbocycles. The molecule has 1 unspecified atom stereocenters. The minimum Gasteiger partial charge on any atom is -0.212 e. The van der Waals surface area contributed by atoms with Crippen molar-refractivity contribution in [3.05, 3.63) is 114 Å². The third-order valence-corrected chi connectivity index (χ3v) is 6.41. The number of fused-ring (bicyclic) bond motifs is 2. The summed E-state index contributed by atoms with van der Waals surface area (Å²) in [6.07, 6.45) is 9.31. The molecule has 0 spiro atoms. The lowest BCUT2D eigenvalue weighted by atomic mass is 9.99. The van der Waals surface area contributed by atoms with E-state index in [1.807, 2.05) is 30.3 Å². The van der Waals surface area contributed by atoms with E-state index in [1.54, 1.807) is 0 Å². The molecule has 0 fully saturated rings. The fourth-order valence-electron chi connectivity index (χ4n) is 4.37. The van der Waals surface area contributed by atoms with E-state index < -0.39 is 0 Å². The van der Waals surface area contributed by atoms with Gasteiger partial charge in [0.25, 0.3) is 0 Å². The Morgan fingerprint density at radius 1 is 0.697 bits per heavy atom. The molecule has 1 atom stereocenters. The van der Waals surface area contributed by atoms with Gasteiger partial charge in [-0.1, -0.05) is 96.6 Å². The maximum Gasteiger partial charge on any atom is 0.164 e. The Morgan fingerprint density at radius 3 is 2.33 bits per heavy atom. The van der Waals surface area contributed by atoms with Crippen molar-refractivity contribution in [2.24, 2.45) is 0 Å². The largest absolute Gasteiger partial charge is 0.212 e. The fraction of sp³-hybridized carbons (Fsp3) is 0.0690. The van der Waals surface area contributed by atoms with Crippen molar-refractivity contribution in [3.8, 4) is 22.8 Å². The Labute approximate surface area is 197 Å². The van der Waals surface area contributed by atoms with Crippen LogP contribution in [0.25, 0.3) is 44.3 Å².